The topological polar surface area (TPSA) is 85.4 Å². The molecular formula is C19H24N2O6S. The zero-order chi connectivity index (χ0) is 19.3. The third-order valence-corrected chi connectivity index (χ3v) is 8.19. The Morgan fingerprint density at radius 1 is 1.07 bits per heavy atom. The molecule has 3 aliphatic heterocycles. The van der Waals surface area contributed by atoms with Crippen molar-refractivity contribution in [1.82, 2.24) is 9.21 Å². The first-order valence-corrected chi connectivity index (χ1v) is 11.3. The van der Waals surface area contributed by atoms with E-state index < -0.39 is 10.0 Å². The van der Waals surface area contributed by atoms with Gasteiger partial charge in [-0.05, 0) is 30.5 Å². The molecule has 152 valence electrons. The van der Waals surface area contributed by atoms with Crippen LogP contribution in [0.1, 0.15) is 18.4 Å². The van der Waals surface area contributed by atoms with Gasteiger partial charge in [-0.25, -0.2) is 8.42 Å². The lowest BCUT2D eigenvalue weighted by atomic mass is 10.1. The molecule has 1 aliphatic carbocycles. The number of fused-ring (bicyclic) bond motifs is 4. The SMILES string of the molecule is O=C(Cc1ccc2c(c1)OCO2)N1C[C@H]2COC[C@@H]1CN(S(=O)(=O)C1CC1)C2. The van der Waals surface area contributed by atoms with Gasteiger partial charge in [-0.1, -0.05) is 6.07 Å². The molecule has 1 aromatic carbocycles. The molecule has 1 amide bonds. The monoisotopic (exact) mass is 408 g/mol. The van der Waals surface area contributed by atoms with E-state index in [0.29, 0.717) is 44.3 Å². The molecule has 0 N–H and O–H groups in total. The molecule has 3 heterocycles. The summed E-state index contributed by atoms with van der Waals surface area (Å²) in [7, 11) is -3.26. The molecule has 2 bridgehead atoms. The van der Waals surface area contributed by atoms with Crippen LogP contribution in [0.4, 0.5) is 0 Å². The Bertz CT molecular complexity index is 884. The summed E-state index contributed by atoms with van der Waals surface area (Å²) >= 11 is 0. The predicted molar refractivity (Wildman–Crippen MR) is 99.6 cm³/mol. The molecule has 9 heteroatoms. The van der Waals surface area contributed by atoms with Crippen molar-refractivity contribution in [3.8, 4) is 11.5 Å². The van der Waals surface area contributed by atoms with Gasteiger partial charge in [-0.15, -0.1) is 0 Å². The Labute approximate surface area is 164 Å². The second-order valence-corrected chi connectivity index (χ2v) is 10.2. The summed E-state index contributed by atoms with van der Waals surface area (Å²) in [5.74, 6) is 1.34. The number of ether oxygens (including phenoxy) is 3. The normalized spacial score (nSPS) is 27.5. The first kappa shape index (κ1) is 18.2. The highest BCUT2D eigenvalue weighted by molar-refractivity contribution is 7.90. The van der Waals surface area contributed by atoms with Crippen LogP contribution >= 0.6 is 0 Å². The van der Waals surface area contributed by atoms with E-state index in [4.69, 9.17) is 14.2 Å². The molecule has 1 saturated carbocycles. The Morgan fingerprint density at radius 2 is 1.89 bits per heavy atom. The van der Waals surface area contributed by atoms with E-state index in [2.05, 4.69) is 0 Å². The number of sulfonamides is 1. The van der Waals surface area contributed by atoms with Crippen LogP contribution in [0.2, 0.25) is 0 Å². The van der Waals surface area contributed by atoms with E-state index in [1.807, 2.05) is 23.1 Å². The molecule has 5 rings (SSSR count). The van der Waals surface area contributed by atoms with Crippen molar-refractivity contribution >= 4 is 15.9 Å². The molecule has 1 aromatic rings. The number of rotatable bonds is 4. The van der Waals surface area contributed by atoms with Gasteiger partial charge in [0.15, 0.2) is 11.5 Å². The van der Waals surface area contributed by atoms with Crippen molar-refractivity contribution in [3.05, 3.63) is 23.8 Å². The zero-order valence-corrected chi connectivity index (χ0v) is 16.4. The number of hydrogen-bond donors (Lipinski definition) is 0. The standard InChI is InChI=1S/C19H24N2O6S/c22-19(6-13-1-4-17-18(5-13)27-12-26-17)21-8-14-7-20(9-15(21)11-25-10-14)28(23,24)16-2-3-16/h1,4-5,14-16H,2-3,6-12H2/t14-,15-/m0/s1. The molecule has 0 unspecified atom stereocenters. The fraction of sp³-hybridized carbons (Fsp3) is 0.632. The van der Waals surface area contributed by atoms with E-state index in [1.54, 1.807) is 4.31 Å². The summed E-state index contributed by atoms with van der Waals surface area (Å²) < 4.78 is 43.6. The minimum Gasteiger partial charge on any atom is -0.454 e. The summed E-state index contributed by atoms with van der Waals surface area (Å²) in [6.45, 7) is 2.35. The number of carbonyl (C=O) groups is 1. The van der Waals surface area contributed by atoms with Crippen molar-refractivity contribution < 1.29 is 27.4 Å². The minimum absolute atomic E-state index is 0.00160. The quantitative estimate of drug-likeness (QED) is 0.726. The largest absolute Gasteiger partial charge is 0.454 e. The van der Waals surface area contributed by atoms with Gasteiger partial charge in [0.05, 0.1) is 30.9 Å². The average Bonchev–Trinajstić information content (AvgIpc) is 3.45. The Hall–Kier alpha value is -1.84. The summed E-state index contributed by atoms with van der Waals surface area (Å²) in [5.41, 5.74) is 0.858. The minimum atomic E-state index is -3.26. The molecule has 4 aliphatic rings. The van der Waals surface area contributed by atoms with Crippen molar-refractivity contribution in [2.45, 2.75) is 30.6 Å². The first-order valence-electron chi connectivity index (χ1n) is 9.75. The lowest BCUT2D eigenvalue weighted by Crippen LogP contribution is -2.48. The highest BCUT2D eigenvalue weighted by Crippen LogP contribution is 2.34. The number of benzene rings is 1. The van der Waals surface area contributed by atoms with E-state index in [9.17, 15) is 13.2 Å². The number of carbonyl (C=O) groups excluding carboxylic acids is 1. The lowest BCUT2D eigenvalue weighted by molar-refractivity contribution is -0.133. The zero-order valence-electron chi connectivity index (χ0n) is 15.6. The fourth-order valence-electron chi connectivity index (χ4n) is 4.22. The van der Waals surface area contributed by atoms with Crippen LogP contribution in [-0.2, 0) is 26.0 Å². The molecule has 3 fully saturated rings. The summed E-state index contributed by atoms with van der Waals surface area (Å²) in [6, 6.07) is 5.28. The molecule has 0 aromatic heterocycles. The smallest absolute Gasteiger partial charge is 0.231 e. The maximum Gasteiger partial charge on any atom is 0.231 e. The summed E-state index contributed by atoms with van der Waals surface area (Å²) in [6.07, 6.45) is 1.74. The van der Waals surface area contributed by atoms with E-state index >= 15 is 0 Å². The fourth-order valence-corrected chi connectivity index (χ4v) is 6.17. The Morgan fingerprint density at radius 3 is 2.71 bits per heavy atom. The van der Waals surface area contributed by atoms with Crippen molar-refractivity contribution in [1.29, 1.82) is 0 Å². The van der Waals surface area contributed by atoms with Crippen LogP contribution in [-0.4, -0.2) is 74.5 Å². The molecular weight excluding hydrogens is 384 g/mol. The summed E-state index contributed by atoms with van der Waals surface area (Å²) in [4.78, 5) is 14.9. The van der Waals surface area contributed by atoms with Crippen LogP contribution in [0.5, 0.6) is 11.5 Å². The Balaban J connectivity index is 1.34. The third kappa shape index (κ3) is 3.35. The number of hydrogen-bond acceptors (Lipinski definition) is 6. The van der Waals surface area contributed by atoms with Gasteiger partial charge in [0.2, 0.25) is 22.7 Å². The van der Waals surface area contributed by atoms with Gasteiger partial charge in [0.25, 0.3) is 0 Å². The molecule has 2 atom stereocenters. The van der Waals surface area contributed by atoms with Crippen LogP contribution in [0.15, 0.2) is 18.2 Å². The van der Waals surface area contributed by atoms with Gasteiger partial charge >= 0.3 is 0 Å². The molecule has 0 spiro atoms. The van der Waals surface area contributed by atoms with Crippen LogP contribution in [0.25, 0.3) is 0 Å². The summed E-state index contributed by atoms with van der Waals surface area (Å²) in [5, 5.41) is -0.231. The molecule has 8 nitrogen and oxygen atoms in total. The van der Waals surface area contributed by atoms with Crippen molar-refractivity contribution in [2.75, 3.05) is 39.6 Å². The Kier molecular flexibility index (Phi) is 4.48. The highest BCUT2D eigenvalue weighted by atomic mass is 32.2. The van der Waals surface area contributed by atoms with Gasteiger partial charge in [-0.3, -0.25) is 4.79 Å². The van der Waals surface area contributed by atoms with Gasteiger partial charge in [-0.2, -0.15) is 4.31 Å². The van der Waals surface area contributed by atoms with Gasteiger partial charge in [0, 0.05) is 25.6 Å². The molecule has 2 saturated heterocycles. The van der Waals surface area contributed by atoms with Crippen molar-refractivity contribution in [3.63, 3.8) is 0 Å². The van der Waals surface area contributed by atoms with Gasteiger partial charge in [0.1, 0.15) is 0 Å². The number of amides is 1. The first-order chi connectivity index (χ1) is 13.5. The lowest BCUT2D eigenvalue weighted by Gasteiger charge is -2.31. The van der Waals surface area contributed by atoms with E-state index in [0.717, 1.165) is 18.4 Å². The van der Waals surface area contributed by atoms with Crippen molar-refractivity contribution in [2.24, 2.45) is 5.92 Å². The third-order valence-electron chi connectivity index (χ3n) is 5.85. The maximum absolute atomic E-state index is 13.1. The van der Waals surface area contributed by atoms with Crippen LogP contribution in [0.3, 0.4) is 0 Å². The second-order valence-electron chi connectivity index (χ2n) is 8.03. The molecule has 28 heavy (non-hydrogen) atoms. The van der Waals surface area contributed by atoms with Crippen LogP contribution in [0, 0.1) is 5.92 Å². The van der Waals surface area contributed by atoms with E-state index in [-0.39, 0.29) is 36.3 Å². The maximum atomic E-state index is 13.1. The molecule has 0 radical (unpaired) electrons. The number of nitrogens with zero attached hydrogens (tertiary/aromatic N) is 2. The van der Waals surface area contributed by atoms with Gasteiger partial charge < -0.3 is 19.1 Å². The highest BCUT2D eigenvalue weighted by Gasteiger charge is 2.45. The van der Waals surface area contributed by atoms with Crippen LogP contribution < -0.4 is 9.47 Å². The van der Waals surface area contributed by atoms with E-state index in [1.165, 1.54) is 0 Å². The predicted octanol–water partition coefficient (Wildman–Crippen LogP) is 0.609. The second kappa shape index (κ2) is 6.89. The average molecular weight is 408 g/mol.